The Kier molecular flexibility index (Phi) is 4.20. The third-order valence-electron chi connectivity index (χ3n) is 2.36. The summed E-state index contributed by atoms with van der Waals surface area (Å²) in [6.45, 7) is 2.02. The number of alkyl halides is 3. The topological polar surface area (TPSA) is 12.0 Å². The molecule has 17 heavy (non-hydrogen) atoms. The fourth-order valence-electron chi connectivity index (χ4n) is 1.08. The van der Waals surface area contributed by atoms with E-state index in [0.717, 1.165) is 13.8 Å². The number of anilines is 1. The minimum absolute atomic E-state index is 0.243. The SMILES string of the molecule is CC(C)(CNc1cc(Cl)cc(Cl)c1)C(F)(F)F. The van der Waals surface area contributed by atoms with Crippen LogP contribution in [0.25, 0.3) is 0 Å². The normalized spacial score (nSPS) is 12.6. The lowest BCUT2D eigenvalue weighted by Gasteiger charge is -2.28. The largest absolute Gasteiger partial charge is 0.395 e. The van der Waals surface area contributed by atoms with E-state index in [0.29, 0.717) is 15.7 Å². The number of hydrogen-bond acceptors (Lipinski definition) is 1. The van der Waals surface area contributed by atoms with Crippen LogP contribution in [-0.4, -0.2) is 12.7 Å². The highest BCUT2D eigenvalue weighted by molar-refractivity contribution is 6.35. The molecule has 6 heteroatoms. The van der Waals surface area contributed by atoms with Crippen molar-refractivity contribution in [1.29, 1.82) is 0 Å². The molecule has 0 saturated heterocycles. The lowest BCUT2D eigenvalue weighted by Crippen LogP contribution is -2.38. The molecule has 0 aliphatic heterocycles. The standard InChI is InChI=1S/C11H12Cl2F3N/c1-10(2,11(14,15)16)6-17-9-4-7(12)3-8(13)5-9/h3-5,17H,6H2,1-2H3. The van der Waals surface area contributed by atoms with Gasteiger partial charge >= 0.3 is 6.18 Å². The molecule has 1 nitrogen and oxygen atoms in total. The van der Waals surface area contributed by atoms with Crippen molar-refractivity contribution in [2.24, 2.45) is 5.41 Å². The third-order valence-corrected chi connectivity index (χ3v) is 2.80. The maximum atomic E-state index is 12.6. The second-order valence-electron chi connectivity index (χ2n) is 4.39. The van der Waals surface area contributed by atoms with Gasteiger partial charge in [0.15, 0.2) is 0 Å². The van der Waals surface area contributed by atoms with E-state index in [1.807, 2.05) is 0 Å². The van der Waals surface area contributed by atoms with Gasteiger partial charge < -0.3 is 5.32 Å². The quantitative estimate of drug-likeness (QED) is 0.825. The van der Waals surface area contributed by atoms with E-state index in [1.54, 1.807) is 0 Å². The molecule has 0 unspecified atom stereocenters. The summed E-state index contributed by atoms with van der Waals surface area (Å²) in [7, 11) is 0. The molecule has 0 fully saturated rings. The van der Waals surface area contributed by atoms with Gasteiger partial charge in [-0.25, -0.2) is 0 Å². The van der Waals surface area contributed by atoms with Crippen LogP contribution in [0.2, 0.25) is 10.0 Å². The highest BCUT2D eigenvalue weighted by atomic mass is 35.5. The first kappa shape index (κ1) is 14.5. The molecule has 0 aliphatic carbocycles. The van der Waals surface area contributed by atoms with E-state index in [2.05, 4.69) is 5.32 Å². The average Bonchev–Trinajstić information content (AvgIpc) is 2.11. The van der Waals surface area contributed by atoms with Crippen molar-refractivity contribution in [2.75, 3.05) is 11.9 Å². The summed E-state index contributed by atoms with van der Waals surface area (Å²) in [4.78, 5) is 0. The van der Waals surface area contributed by atoms with Crippen LogP contribution in [0.15, 0.2) is 18.2 Å². The molecule has 0 aromatic heterocycles. The lowest BCUT2D eigenvalue weighted by atomic mass is 9.92. The predicted molar refractivity (Wildman–Crippen MR) is 64.8 cm³/mol. The maximum Gasteiger partial charge on any atom is 0.395 e. The number of halogens is 5. The fourth-order valence-corrected chi connectivity index (χ4v) is 1.61. The highest BCUT2D eigenvalue weighted by Gasteiger charge is 2.46. The van der Waals surface area contributed by atoms with Gasteiger partial charge in [0.2, 0.25) is 0 Å². The molecular formula is C11H12Cl2F3N. The zero-order chi connectivity index (χ0) is 13.3. The Labute approximate surface area is 108 Å². The lowest BCUT2D eigenvalue weighted by molar-refractivity contribution is -0.206. The van der Waals surface area contributed by atoms with Crippen molar-refractivity contribution in [1.82, 2.24) is 0 Å². The van der Waals surface area contributed by atoms with E-state index in [-0.39, 0.29) is 6.54 Å². The van der Waals surface area contributed by atoms with E-state index in [4.69, 9.17) is 23.2 Å². The second kappa shape index (κ2) is 4.94. The van der Waals surface area contributed by atoms with Gasteiger partial charge in [-0.15, -0.1) is 0 Å². The van der Waals surface area contributed by atoms with Crippen LogP contribution >= 0.6 is 23.2 Å². The van der Waals surface area contributed by atoms with Crippen molar-refractivity contribution in [3.05, 3.63) is 28.2 Å². The molecule has 0 saturated carbocycles. The van der Waals surface area contributed by atoms with E-state index >= 15 is 0 Å². The van der Waals surface area contributed by atoms with Crippen LogP contribution in [0.3, 0.4) is 0 Å². The number of nitrogens with one attached hydrogen (secondary N) is 1. The molecule has 0 spiro atoms. The first-order chi connectivity index (χ1) is 7.62. The molecule has 1 aromatic carbocycles. The second-order valence-corrected chi connectivity index (χ2v) is 5.27. The van der Waals surface area contributed by atoms with Crippen LogP contribution in [0.1, 0.15) is 13.8 Å². The fraction of sp³-hybridized carbons (Fsp3) is 0.455. The molecule has 1 rings (SSSR count). The molecule has 0 atom stereocenters. The van der Waals surface area contributed by atoms with E-state index < -0.39 is 11.6 Å². The zero-order valence-corrected chi connectivity index (χ0v) is 10.8. The van der Waals surface area contributed by atoms with Gasteiger partial charge in [0, 0.05) is 22.3 Å². The summed E-state index contributed by atoms with van der Waals surface area (Å²) >= 11 is 11.5. The third kappa shape index (κ3) is 3.96. The molecule has 0 amide bonds. The van der Waals surface area contributed by atoms with Gasteiger partial charge in [0.25, 0.3) is 0 Å². The van der Waals surface area contributed by atoms with Gasteiger partial charge in [-0.2, -0.15) is 13.2 Å². The molecule has 0 radical (unpaired) electrons. The van der Waals surface area contributed by atoms with Crippen LogP contribution in [0.4, 0.5) is 18.9 Å². The van der Waals surface area contributed by atoms with Crippen LogP contribution in [0.5, 0.6) is 0 Å². The summed E-state index contributed by atoms with van der Waals surface area (Å²) in [6, 6.07) is 4.57. The Balaban J connectivity index is 2.74. The van der Waals surface area contributed by atoms with Gasteiger partial charge in [-0.3, -0.25) is 0 Å². The number of hydrogen-bond donors (Lipinski definition) is 1. The maximum absolute atomic E-state index is 12.6. The molecule has 0 aliphatic rings. The van der Waals surface area contributed by atoms with Gasteiger partial charge in [0.1, 0.15) is 0 Å². The van der Waals surface area contributed by atoms with Crippen molar-refractivity contribution >= 4 is 28.9 Å². The van der Waals surface area contributed by atoms with Crippen molar-refractivity contribution in [3.8, 4) is 0 Å². The number of benzene rings is 1. The smallest absolute Gasteiger partial charge is 0.384 e. The minimum atomic E-state index is -4.26. The Morgan fingerprint density at radius 3 is 1.94 bits per heavy atom. The van der Waals surface area contributed by atoms with Gasteiger partial charge in [-0.1, -0.05) is 23.2 Å². The summed E-state index contributed by atoms with van der Waals surface area (Å²) in [5, 5.41) is 3.44. The zero-order valence-electron chi connectivity index (χ0n) is 9.33. The Hall–Kier alpha value is -0.610. The predicted octanol–water partition coefficient (Wildman–Crippen LogP) is 4.99. The van der Waals surface area contributed by atoms with Gasteiger partial charge in [0.05, 0.1) is 5.41 Å². The molecule has 1 N–H and O–H groups in total. The summed E-state index contributed by atoms with van der Waals surface area (Å²) in [6.07, 6.45) is -4.26. The summed E-state index contributed by atoms with van der Waals surface area (Å²) in [5.41, 5.74) is -1.35. The minimum Gasteiger partial charge on any atom is -0.384 e. The van der Waals surface area contributed by atoms with Crippen molar-refractivity contribution < 1.29 is 13.2 Å². The first-order valence-corrected chi connectivity index (χ1v) is 5.64. The Morgan fingerprint density at radius 1 is 1.06 bits per heavy atom. The number of rotatable bonds is 3. The molecular weight excluding hydrogens is 274 g/mol. The van der Waals surface area contributed by atoms with Crippen LogP contribution in [0, 0.1) is 5.41 Å². The summed E-state index contributed by atoms with van der Waals surface area (Å²) in [5.74, 6) is 0. The monoisotopic (exact) mass is 285 g/mol. The molecule has 0 heterocycles. The summed E-state index contributed by atoms with van der Waals surface area (Å²) < 4.78 is 37.8. The molecule has 1 aromatic rings. The van der Waals surface area contributed by atoms with Crippen molar-refractivity contribution in [3.63, 3.8) is 0 Å². The Morgan fingerprint density at radius 2 is 1.53 bits per heavy atom. The van der Waals surface area contributed by atoms with Crippen LogP contribution in [-0.2, 0) is 0 Å². The first-order valence-electron chi connectivity index (χ1n) is 4.88. The van der Waals surface area contributed by atoms with Crippen LogP contribution < -0.4 is 5.32 Å². The van der Waals surface area contributed by atoms with E-state index in [1.165, 1.54) is 18.2 Å². The van der Waals surface area contributed by atoms with Crippen molar-refractivity contribution in [2.45, 2.75) is 20.0 Å². The Bertz CT molecular complexity index is 382. The molecule has 0 bridgehead atoms. The van der Waals surface area contributed by atoms with E-state index in [9.17, 15) is 13.2 Å². The highest BCUT2D eigenvalue weighted by Crippen LogP contribution is 2.37. The average molecular weight is 286 g/mol. The molecule has 96 valence electrons. The van der Waals surface area contributed by atoms with Gasteiger partial charge in [-0.05, 0) is 32.0 Å².